The standard InChI is InChI=1S/C23H33N5O.HI/c1-16(2)27-23(29)28-21-8-6-19(7-9-21)15-26-22(24-5)25-11-10-20-13-17(3)12-18(4)14-20;/h6-9,12-14,16H,10-11,15H2,1-5H3,(H2,24,25,26)(H2,27,28,29);1H. The molecule has 164 valence electrons. The van der Waals surface area contributed by atoms with Crippen molar-refractivity contribution in [1.82, 2.24) is 16.0 Å². The monoisotopic (exact) mass is 523 g/mol. The largest absolute Gasteiger partial charge is 0.356 e. The summed E-state index contributed by atoms with van der Waals surface area (Å²) in [5, 5.41) is 12.3. The first kappa shape index (κ1) is 25.7. The van der Waals surface area contributed by atoms with Gasteiger partial charge in [-0.25, -0.2) is 4.79 Å². The number of carbonyl (C=O) groups is 1. The summed E-state index contributed by atoms with van der Waals surface area (Å²) >= 11 is 0. The molecule has 0 radical (unpaired) electrons. The summed E-state index contributed by atoms with van der Waals surface area (Å²) < 4.78 is 0. The van der Waals surface area contributed by atoms with E-state index in [1.165, 1.54) is 16.7 Å². The molecule has 6 nitrogen and oxygen atoms in total. The van der Waals surface area contributed by atoms with Crippen molar-refractivity contribution in [3.05, 3.63) is 64.7 Å². The number of carbonyl (C=O) groups excluding carboxylic acids is 1. The van der Waals surface area contributed by atoms with Gasteiger partial charge in [-0.2, -0.15) is 0 Å². The van der Waals surface area contributed by atoms with Gasteiger partial charge in [0.15, 0.2) is 5.96 Å². The van der Waals surface area contributed by atoms with E-state index in [9.17, 15) is 4.79 Å². The molecule has 0 aromatic heterocycles. The molecule has 0 spiro atoms. The van der Waals surface area contributed by atoms with Crippen molar-refractivity contribution in [2.45, 2.75) is 46.7 Å². The van der Waals surface area contributed by atoms with E-state index in [1.807, 2.05) is 38.1 Å². The molecule has 0 aliphatic rings. The van der Waals surface area contributed by atoms with Gasteiger partial charge < -0.3 is 21.3 Å². The van der Waals surface area contributed by atoms with Crippen molar-refractivity contribution in [3.8, 4) is 0 Å². The van der Waals surface area contributed by atoms with Crippen molar-refractivity contribution in [2.24, 2.45) is 4.99 Å². The van der Waals surface area contributed by atoms with Gasteiger partial charge >= 0.3 is 6.03 Å². The molecule has 0 unspecified atom stereocenters. The van der Waals surface area contributed by atoms with Gasteiger partial charge in [-0.05, 0) is 57.4 Å². The highest BCUT2D eigenvalue weighted by molar-refractivity contribution is 14.0. The van der Waals surface area contributed by atoms with Crippen LogP contribution in [0.25, 0.3) is 0 Å². The number of hydrogen-bond acceptors (Lipinski definition) is 2. The molecule has 2 aromatic carbocycles. The number of hydrogen-bond donors (Lipinski definition) is 4. The van der Waals surface area contributed by atoms with E-state index in [2.05, 4.69) is 58.3 Å². The van der Waals surface area contributed by atoms with Crippen molar-refractivity contribution in [1.29, 1.82) is 0 Å². The molecule has 0 saturated carbocycles. The fraction of sp³-hybridized carbons (Fsp3) is 0.391. The van der Waals surface area contributed by atoms with Gasteiger partial charge in [-0.1, -0.05) is 41.5 Å². The lowest BCUT2D eigenvalue weighted by atomic mass is 10.1. The summed E-state index contributed by atoms with van der Waals surface area (Å²) in [6, 6.07) is 14.3. The third-order valence-electron chi connectivity index (χ3n) is 4.30. The molecule has 0 bridgehead atoms. The Balaban J connectivity index is 0.00000450. The number of rotatable bonds is 7. The summed E-state index contributed by atoms with van der Waals surface area (Å²) in [4.78, 5) is 16.0. The zero-order valence-electron chi connectivity index (χ0n) is 18.5. The predicted molar refractivity (Wildman–Crippen MR) is 137 cm³/mol. The lowest BCUT2D eigenvalue weighted by Gasteiger charge is -2.13. The number of guanidine groups is 1. The highest BCUT2D eigenvalue weighted by Crippen LogP contribution is 2.10. The van der Waals surface area contributed by atoms with Crippen LogP contribution < -0.4 is 21.3 Å². The molecule has 30 heavy (non-hydrogen) atoms. The quantitative estimate of drug-likeness (QED) is 0.248. The third-order valence-corrected chi connectivity index (χ3v) is 4.30. The second-order valence-electron chi connectivity index (χ2n) is 7.55. The van der Waals surface area contributed by atoms with Crippen LogP contribution in [0.1, 0.15) is 36.1 Å². The van der Waals surface area contributed by atoms with Crippen LogP contribution in [0.15, 0.2) is 47.5 Å². The van der Waals surface area contributed by atoms with Gasteiger partial charge in [0, 0.05) is 31.9 Å². The second kappa shape index (κ2) is 13.1. The number of anilines is 1. The van der Waals surface area contributed by atoms with Crippen LogP contribution >= 0.6 is 24.0 Å². The fourth-order valence-electron chi connectivity index (χ4n) is 3.08. The molecule has 0 fully saturated rings. The summed E-state index contributed by atoms with van der Waals surface area (Å²) in [6.45, 7) is 9.58. The van der Waals surface area contributed by atoms with E-state index in [1.54, 1.807) is 7.05 Å². The maximum Gasteiger partial charge on any atom is 0.319 e. The van der Waals surface area contributed by atoms with Gasteiger partial charge in [-0.3, -0.25) is 4.99 Å². The Kier molecular flexibility index (Phi) is 11.2. The minimum Gasteiger partial charge on any atom is -0.356 e. The van der Waals surface area contributed by atoms with Crippen molar-refractivity contribution >= 4 is 41.7 Å². The van der Waals surface area contributed by atoms with E-state index < -0.39 is 0 Å². The average Bonchev–Trinajstić information content (AvgIpc) is 2.64. The Morgan fingerprint density at radius 3 is 2.17 bits per heavy atom. The van der Waals surface area contributed by atoms with Gasteiger partial charge in [0.05, 0.1) is 0 Å². The molecule has 2 rings (SSSR count). The Morgan fingerprint density at radius 2 is 1.60 bits per heavy atom. The molecule has 2 amide bonds. The molecular weight excluding hydrogens is 489 g/mol. The number of halogens is 1. The SMILES string of the molecule is CN=C(NCCc1cc(C)cc(C)c1)NCc1ccc(NC(=O)NC(C)C)cc1.I. The lowest BCUT2D eigenvalue weighted by molar-refractivity contribution is 0.250. The number of benzene rings is 2. The maximum absolute atomic E-state index is 11.7. The smallest absolute Gasteiger partial charge is 0.319 e. The van der Waals surface area contributed by atoms with Gasteiger partial charge in [-0.15, -0.1) is 24.0 Å². The van der Waals surface area contributed by atoms with Crippen molar-refractivity contribution in [3.63, 3.8) is 0 Å². The lowest BCUT2D eigenvalue weighted by Crippen LogP contribution is -2.37. The summed E-state index contributed by atoms with van der Waals surface area (Å²) in [6.07, 6.45) is 0.946. The molecule has 4 N–H and O–H groups in total. The summed E-state index contributed by atoms with van der Waals surface area (Å²) in [7, 11) is 1.77. The third kappa shape index (κ3) is 9.47. The zero-order chi connectivity index (χ0) is 21.2. The second-order valence-corrected chi connectivity index (χ2v) is 7.55. The number of nitrogens with zero attached hydrogens (tertiary/aromatic N) is 1. The van der Waals surface area contributed by atoms with E-state index >= 15 is 0 Å². The number of amides is 2. The Labute approximate surface area is 197 Å². The normalized spacial score (nSPS) is 10.9. The first-order valence-electron chi connectivity index (χ1n) is 10.0. The van der Waals surface area contributed by atoms with E-state index in [0.717, 1.165) is 30.2 Å². The Hall–Kier alpha value is -2.29. The minimum absolute atomic E-state index is 0. The first-order chi connectivity index (χ1) is 13.9. The minimum atomic E-state index is -0.195. The van der Waals surface area contributed by atoms with Crippen LogP contribution in [0.3, 0.4) is 0 Å². The first-order valence-corrected chi connectivity index (χ1v) is 10.0. The molecule has 0 atom stereocenters. The molecule has 0 aliphatic carbocycles. The average molecular weight is 523 g/mol. The van der Waals surface area contributed by atoms with Gasteiger partial charge in [0.1, 0.15) is 0 Å². The highest BCUT2D eigenvalue weighted by Gasteiger charge is 2.04. The number of urea groups is 1. The van der Waals surface area contributed by atoms with Crippen LogP contribution in [0.5, 0.6) is 0 Å². The van der Waals surface area contributed by atoms with E-state index in [0.29, 0.717) is 6.54 Å². The number of aryl methyl sites for hydroxylation is 2. The Bertz CT molecular complexity index is 814. The van der Waals surface area contributed by atoms with Crippen LogP contribution in [0, 0.1) is 13.8 Å². The highest BCUT2D eigenvalue weighted by atomic mass is 127. The van der Waals surface area contributed by atoms with Crippen molar-refractivity contribution in [2.75, 3.05) is 18.9 Å². The maximum atomic E-state index is 11.7. The van der Waals surface area contributed by atoms with E-state index in [4.69, 9.17) is 0 Å². The van der Waals surface area contributed by atoms with Crippen LogP contribution in [-0.2, 0) is 13.0 Å². The Morgan fingerprint density at radius 1 is 0.967 bits per heavy atom. The number of nitrogens with one attached hydrogen (secondary N) is 4. The molecule has 0 aliphatic heterocycles. The molecule has 0 saturated heterocycles. The van der Waals surface area contributed by atoms with Crippen LogP contribution in [-0.4, -0.2) is 31.6 Å². The summed E-state index contributed by atoms with van der Waals surface area (Å²) in [5.74, 6) is 0.771. The van der Waals surface area contributed by atoms with Crippen molar-refractivity contribution < 1.29 is 4.79 Å². The number of aliphatic imine (C=N–C) groups is 1. The predicted octanol–water partition coefficient (Wildman–Crippen LogP) is 4.36. The molecule has 0 heterocycles. The summed E-state index contributed by atoms with van der Waals surface area (Å²) in [5.41, 5.74) is 5.79. The zero-order valence-corrected chi connectivity index (χ0v) is 20.8. The fourth-order valence-corrected chi connectivity index (χ4v) is 3.08. The molecule has 2 aromatic rings. The van der Waals surface area contributed by atoms with Gasteiger partial charge in [0.2, 0.25) is 0 Å². The topological polar surface area (TPSA) is 77.6 Å². The van der Waals surface area contributed by atoms with Gasteiger partial charge in [0.25, 0.3) is 0 Å². The molecular formula is C23H34IN5O. The van der Waals surface area contributed by atoms with Crippen LogP contribution in [0.4, 0.5) is 10.5 Å². The molecule has 7 heteroatoms. The van der Waals surface area contributed by atoms with Crippen LogP contribution in [0.2, 0.25) is 0 Å². The van der Waals surface area contributed by atoms with E-state index in [-0.39, 0.29) is 36.0 Å².